The summed E-state index contributed by atoms with van der Waals surface area (Å²) in [7, 11) is 3.51. The first kappa shape index (κ1) is 11.0. The minimum Gasteiger partial charge on any atom is -0.496 e. The standard InChI is InChI=1S/C11H16FNO/c1-4-13(2)8-9-10(12)6-5-7-11(9)14-3/h5-7H,4,8H2,1-3H3. The molecule has 1 aromatic carbocycles. The third-order valence-corrected chi connectivity index (χ3v) is 2.26. The fraction of sp³-hybridized carbons (Fsp3) is 0.455. The van der Waals surface area contributed by atoms with E-state index in [-0.39, 0.29) is 5.82 Å². The van der Waals surface area contributed by atoms with Crippen LogP contribution in [0.25, 0.3) is 0 Å². The number of halogens is 1. The van der Waals surface area contributed by atoms with Crippen LogP contribution in [0.4, 0.5) is 4.39 Å². The lowest BCUT2D eigenvalue weighted by atomic mass is 10.2. The van der Waals surface area contributed by atoms with Crippen LogP contribution in [-0.2, 0) is 6.54 Å². The zero-order chi connectivity index (χ0) is 10.6. The van der Waals surface area contributed by atoms with E-state index in [2.05, 4.69) is 0 Å². The monoisotopic (exact) mass is 197 g/mol. The molecule has 0 aliphatic heterocycles. The molecule has 2 nitrogen and oxygen atoms in total. The van der Waals surface area contributed by atoms with E-state index in [1.54, 1.807) is 19.2 Å². The molecule has 0 N–H and O–H groups in total. The molecule has 78 valence electrons. The van der Waals surface area contributed by atoms with Crippen LogP contribution in [0.1, 0.15) is 12.5 Å². The summed E-state index contributed by atoms with van der Waals surface area (Å²) in [6.45, 7) is 3.50. The maximum absolute atomic E-state index is 13.4. The Hall–Kier alpha value is -1.09. The van der Waals surface area contributed by atoms with E-state index in [9.17, 15) is 4.39 Å². The van der Waals surface area contributed by atoms with E-state index in [4.69, 9.17) is 4.74 Å². The SMILES string of the molecule is CCN(C)Cc1c(F)cccc1OC. The minimum atomic E-state index is -0.204. The van der Waals surface area contributed by atoms with Crippen molar-refractivity contribution in [1.82, 2.24) is 4.90 Å². The van der Waals surface area contributed by atoms with Crippen LogP contribution in [0.3, 0.4) is 0 Å². The molecule has 0 radical (unpaired) electrons. The summed E-state index contributed by atoms with van der Waals surface area (Å²) in [6.07, 6.45) is 0. The highest BCUT2D eigenvalue weighted by Crippen LogP contribution is 2.22. The Kier molecular flexibility index (Phi) is 3.89. The van der Waals surface area contributed by atoms with Gasteiger partial charge in [0.2, 0.25) is 0 Å². The van der Waals surface area contributed by atoms with Crippen molar-refractivity contribution in [3.05, 3.63) is 29.6 Å². The van der Waals surface area contributed by atoms with E-state index >= 15 is 0 Å². The molecule has 0 unspecified atom stereocenters. The zero-order valence-electron chi connectivity index (χ0n) is 8.88. The van der Waals surface area contributed by atoms with E-state index in [0.29, 0.717) is 17.9 Å². The first-order valence-electron chi connectivity index (χ1n) is 4.69. The van der Waals surface area contributed by atoms with Gasteiger partial charge in [0, 0.05) is 12.1 Å². The highest BCUT2D eigenvalue weighted by atomic mass is 19.1. The average molecular weight is 197 g/mol. The summed E-state index contributed by atoms with van der Waals surface area (Å²) in [5.41, 5.74) is 0.624. The van der Waals surface area contributed by atoms with Gasteiger partial charge < -0.3 is 9.64 Å². The van der Waals surface area contributed by atoms with Gasteiger partial charge in [0.15, 0.2) is 0 Å². The van der Waals surface area contributed by atoms with Gasteiger partial charge >= 0.3 is 0 Å². The van der Waals surface area contributed by atoms with Gasteiger partial charge in [-0.25, -0.2) is 4.39 Å². The second kappa shape index (κ2) is 4.96. The molecule has 0 heterocycles. The van der Waals surface area contributed by atoms with Gasteiger partial charge in [-0.2, -0.15) is 0 Å². The van der Waals surface area contributed by atoms with Gasteiger partial charge in [0.05, 0.1) is 7.11 Å². The van der Waals surface area contributed by atoms with Crippen LogP contribution in [0.15, 0.2) is 18.2 Å². The molecule has 0 saturated carbocycles. The van der Waals surface area contributed by atoms with Crippen LogP contribution in [0, 0.1) is 5.82 Å². The van der Waals surface area contributed by atoms with Crippen molar-refractivity contribution in [2.24, 2.45) is 0 Å². The van der Waals surface area contributed by atoms with Crippen molar-refractivity contribution in [2.75, 3.05) is 20.7 Å². The van der Waals surface area contributed by atoms with Crippen molar-refractivity contribution in [3.63, 3.8) is 0 Å². The quantitative estimate of drug-likeness (QED) is 0.734. The van der Waals surface area contributed by atoms with Crippen LogP contribution in [0.2, 0.25) is 0 Å². The maximum atomic E-state index is 13.4. The Labute approximate surface area is 84.3 Å². The van der Waals surface area contributed by atoms with Gasteiger partial charge in [-0.05, 0) is 25.7 Å². The second-order valence-electron chi connectivity index (χ2n) is 3.25. The fourth-order valence-electron chi connectivity index (χ4n) is 1.27. The van der Waals surface area contributed by atoms with Crippen molar-refractivity contribution in [3.8, 4) is 5.75 Å². The molecular weight excluding hydrogens is 181 g/mol. The molecule has 0 spiro atoms. The Morgan fingerprint density at radius 1 is 1.43 bits per heavy atom. The molecule has 0 fully saturated rings. The third kappa shape index (κ3) is 2.45. The van der Waals surface area contributed by atoms with Crippen molar-refractivity contribution in [2.45, 2.75) is 13.5 Å². The molecule has 0 saturated heterocycles. The second-order valence-corrected chi connectivity index (χ2v) is 3.25. The molecule has 0 aliphatic carbocycles. The summed E-state index contributed by atoms with van der Waals surface area (Å²) < 4.78 is 18.5. The lowest BCUT2D eigenvalue weighted by Crippen LogP contribution is -2.18. The predicted octanol–water partition coefficient (Wildman–Crippen LogP) is 2.29. The number of benzene rings is 1. The lowest BCUT2D eigenvalue weighted by Gasteiger charge is -2.16. The first-order valence-corrected chi connectivity index (χ1v) is 4.69. The Morgan fingerprint density at radius 3 is 2.71 bits per heavy atom. The van der Waals surface area contributed by atoms with Crippen LogP contribution in [0.5, 0.6) is 5.75 Å². The van der Waals surface area contributed by atoms with Crippen molar-refractivity contribution >= 4 is 0 Å². The number of methoxy groups -OCH3 is 1. The van der Waals surface area contributed by atoms with Gasteiger partial charge in [0.1, 0.15) is 11.6 Å². The fourth-order valence-corrected chi connectivity index (χ4v) is 1.27. The summed E-state index contributed by atoms with van der Waals surface area (Å²) in [5.74, 6) is 0.412. The number of ether oxygens (including phenoxy) is 1. The molecule has 1 aromatic rings. The van der Waals surface area contributed by atoms with Crippen molar-refractivity contribution < 1.29 is 9.13 Å². The Morgan fingerprint density at radius 2 is 2.14 bits per heavy atom. The Balaban J connectivity index is 2.92. The normalized spacial score (nSPS) is 10.6. The van der Waals surface area contributed by atoms with Gasteiger partial charge in [0.25, 0.3) is 0 Å². The molecule has 14 heavy (non-hydrogen) atoms. The predicted molar refractivity (Wildman–Crippen MR) is 55.0 cm³/mol. The maximum Gasteiger partial charge on any atom is 0.131 e. The number of rotatable bonds is 4. The first-order chi connectivity index (χ1) is 6.69. The molecule has 0 aromatic heterocycles. The highest BCUT2D eigenvalue weighted by Gasteiger charge is 2.10. The minimum absolute atomic E-state index is 0.204. The number of nitrogens with zero attached hydrogens (tertiary/aromatic N) is 1. The molecule has 3 heteroatoms. The van der Waals surface area contributed by atoms with Gasteiger partial charge in [-0.15, -0.1) is 0 Å². The van der Waals surface area contributed by atoms with Crippen molar-refractivity contribution in [1.29, 1.82) is 0 Å². The molecule has 1 rings (SSSR count). The molecule has 0 amide bonds. The lowest BCUT2D eigenvalue weighted by molar-refractivity contribution is 0.325. The Bertz CT molecular complexity index is 301. The highest BCUT2D eigenvalue weighted by molar-refractivity contribution is 5.34. The third-order valence-electron chi connectivity index (χ3n) is 2.26. The smallest absolute Gasteiger partial charge is 0.131 e. The summed E-state index contributed by atoms with van der Waals surface area (Å²) in [6, 6.07) is 4.90. The van der Waals surface area contributed by atoms with Crippen LogP contribution >= 0.6 is 0 Å². The summed E-state index contributed by atoms with van der Waals surface area (Å²) in [4.78, 5) is 2.03. The van der Waals surface area contributed by atoms with Crippen LogP contribution in [-0.4, -0.2) is 25.6 Å². The largest absolute Gasteiger partial charge is 0.496 e. The average Bonchev–Trinajstić information content (AvgIpc) is 2.20. The van der Waals surface area contributed by atoms with E-state index in [1.165, 1.54) is 6.07 Å². The number of hydrogen-bond donors (Lipinski definition) is 0. The number of hydrogen-bond acceptors (Lipinski definition) is 2. The topological polar surface area (TPSA) is 12.5 Å². The summed E-state index contributed by atoms with van der Waals surface area (Å²) in [5, 5.41) is 0. The van der Waals surface area contributed by atoms with E-state index < -0.39 is 0 Å². The molecule has 0 bridgehead atoms. The summed E-state index contributed by atoms with van der Waals surface area (Å²) >= 11 is 0. The molecular formula is C11H16FNO. The van der Waals surface area contributed by atoms with Gasteiger partial charge in [-0.3, -0.25) is 0 Å². The molecule has 0 aliphatic rings. The zero-order valence-corrected chi connectivity index (χ0v) is 8.88. The van der Waals surface area contributed by atoms with E-state index in [0.717, 1.165) is 6.54 Å². The molecule has 0 atom stereocenters. The van der Waals surface area contributed by atoms with E-state index in [1.807, 2.05) is 18.9 Å². The van der Waals surface area contributed by atoms with Gasteiger partial charge in [-0.1, -0.05) is 13.0 Å². The van der Waals surface area contributed by atoms with Crippen LogP contribution < -0.4 is 4.74 Å².